The van der Waals surface area contributed by atoms with E-state index >= 15 is 0 Å². The Bertz CT molecular complexity index is 588. The summed E-state index contributed by atoms with van der Waals surface area (Å²) in [5, 5.41) is 3.32. The van der Waals surface area contributed by atoms with E-state index in [1.54, 1.807) is 0 Å². The number of nitrogens with one attached hydrogen (secondary N) is 1. The molecule has 0 unspecified atom stereocenters. The number of rotatable bonds is 2. The van der Waals surface area contributed by atoms with Gasteiger partial charge in [-0.2, -0.15) is 0 Å². The number of hydrogen-bond acceptors (Lipinski definition) is 3. The molecule has 0 spiro atoms. The molecule has 0 radical (unpaired) electrons. The van der Waals surface area contributed by atoms with Gasteiger partial charge >= 0.3 is 0 Å². The first-order valence-corrected chi connectivity index (χ1v) is 6.50. The molecule has 4 rings (SSSR count). The lowest BCUT2D eigenvalue weighted by atomic mass is 9.95. The van der Waals surface area contributed by atoms with E-state index in [-0.39, 0.29) is 5.41 Å². The van der Waals surface area contributed by atoms with Crippen LogP contribution in [0.15, 0.2) is 36.5 Å². The topological polar surface area (TPSA) is 37.8 Å². The van der Waals surface area contributed by atoms with Gasteiger partial charge in [0.25, 0.3) is 0 Å². The lowest BCUT2D eigenvalue weighted by molar-refractivity contribution is 0.730. The van der Waals surface area contributed by atoms with Crippen LogP contribution in [0.2, 0.25) is 0 Å². The van der Waals surface area contributed by atoms with Crippen LogP contribution < -0.4 is 5.32 Å². The molecule has 1 aliphatic carbocycles. The van der Waals surface area contributed by atoms with Crippen molar-refractivity contribution < 1.29 is 0 Å². The molecule has 2 aliphatic rings. The molecule has 0 bridgehead atoms. The Balaban J connectivity index is 1.79. The maximum Gasteiger partial charge on any atom is 0.139 e. The highest BCUT2D eigenvalue weighted by Gasteiger charge is 2.48. The van der Waals surface area contributed by atoms with Gasteiger partial charge in [0, 0.05) is 24.8 Å². The van der Waals surface area contributed by atoms with Crippen molar-refractivity contribution in [2.45, 2.75) is 31.3 Å². The molecule has 1 saturated carbocycles. The van der Waals surface area contributed by atoms with Gasteiger partial charge in [-0.25, -0.2) is 9.97 Å². The Labute approximate surface area is 106 Å². The first-order chi connectivity index (χ1) is 8.88. The molecule has 18 heavy (non-hydrogen) atoms. The van der Waals surface area contributed by atoms with Crippen LogP contribution in [0.3, 0.4) is 0 Å². The van der Waals surface area contributed by atoms with Crippen molar-refractivity contribution >= 4 is 0 Å². The molecule has 1 fully saturated rings. The lowest BCUT2D eigenvalue weighted by Gasteiger charge is -2.14. The zero-order valence-corrected chi connectivity index (χ0v) is 10.2. The first-order valence-electron chi connectivity index (χ1n) is 6.50. The average Bonchev–Trinajstić information content (AvgIpc) is 3.11. The molecular formula is C15H15N3. The molecule has 1 N–H and O–H groups in total. The summed E-state index contributed by atoms with van der Waals surface area (Å²) >= 11 is 0. The SMILES string of the molecule is c1ccc(C2(c3ncc4c(n3)CNC4)CC2)cc1. The van der Waals surface area contributed by atoms with E-state index in [1.807, 2.05) is 6.20 Å². The summed E-state index contributed by atoms with van der Waals surface area (Å²) in [7, 11) is 0. The van der Waals surface area contributed by atoms with E-state index in [9.17, 15) is 0 Å². The minimum Gasteiger partial charge on any atom is -0.307 e. The second-order valence-corrected chi connectivity index (χ2v) is 5.22. The Hall–Kier alpha value is -1.74. The maximum absolute atomic E-state index is 4.79. The van der Waals surface area contributed by atoms with Gasteiger partial charge in [-0.1, -0.05) is 30.3 Å². The van der Waals surface area contributed by atoms with Gasteiger partial charge in [-0.15, -0.1) is 0 Å². The summed E-state index contributed by atoms with van der Waals surface area (Å²) in [5.74, 6) is 1.01. The van der Waals surface area contributed by atoms with Gasteiger partial charge in [-0.05, 0) is 18.4 Å². The quantitative estimate of drug-likeness (QED) is 0.869. The summed E-state index contributed by atoms with van der Waals surface area (Å²) in [5.41, 5.74) is 3.89. The molecular weight excluding hydrogens is 222 g/mol. The third-order valence-corrected chi connectivity index (χ3v) is 4.07. The predicted molar refractivity (Wildman–Crippen MR) is 69.0 cm³/mol. The zero-order valence-electron chi connectivity index (χ0n) is 10.2. The van der Waals surface area contributed by atoms with Gasteiger partial charge in [-0.3, -0.25) is 0 Å². The average molecular weight is 237 g/mol. The number of aromatic nitrogens is 2. The van der Waals surface area contributed by atoms with Gasteiger partial charge in [0.1, 0.15) is 5.82 Å². The Morgan fingerprint density at radius 3 is 2.67 bits per heavy atom. The zero-order chi connectivity index (χ0) is 12.0. The van der Waals surface area contributed by atoms with Crippen LogP contribution in [0.1, 0.15) is 35.5 Å². The van der Waals surface area contributed by atoms with Crippen molar-refractivity contribution in [3.63, 3.8) is 0 Å². The Morgan fingerprint density at radius 1 is 1.06 bits per heavy atom. The predicted octanol–water partition coefficient (Wildman–Crippen LogP) is 2.16. The first kappa shape index (κ1) is 10.2. The maximum atomic E-state index is 4.79. The minimum absolute atomic E-state index is 0.0961. The number of fused-ring (bicyclic) bond motifs is 1. The lowest BCUT2D eigenvalue weighted by Crippen LogP contribution is -2.14. The largest absolute Gasteiger partial charge is 0.307 e. The van der Waals surface area contributed by atoms with Crippen molar-refractivity contribution in [2.24, 2.45) is 0 Å². The molecule has 2 aromatic rings. The number of hydrogen-bond donors (Lipinski definition) is 1. The summed E-state index contributed by atoms with van der Waals surface area (Å²) in [4.78, 5) is 9.40. The summed E-state index contributed by atoms with van der Waals surface area (Å²) in [6, 6.07) is 10.7. The molecule has 90 valence electrons. The molecule has 1 aromatic carbocycles. The van der Waals surface area contributed by atoms with Crippen molar-refractivity contribution in [1.82, 2.24) is 15.3 Å². The highest BCUT2D eigenvalue weighted by atomic mass is 15.0. The molecule has 0 amide bonds. The van der Waals surface area contributed by atoms with Crippen LogP contribution in [0.4, 0.5) is 0 Å². The fraction of sp³-hybridized carbons (Fsp3) is 0.333. The molecule has 0 saturated heterocycles. The minimum atomic E-state index is 0.0961. The fourth-order valence-corrected chi connectivity index (χ4v) is 2.81. The van der Waals surface area contributed by atoms with E-state index in [1.165, 1.54) is 29.7 Å². The molecule has 3 heteroatoms. The van der Waals surface area contributed by atoms with E-state index in [0.29, 0.717) is 0 Å². The normalized spacial score (nSPS) is 19.6. The van der Waals surface area contributed by atoms with Crippen LogP contribution in [0.5, 0.6) is 0 Å². The summed E-state index contributed by atoms with van der Waals surface area (Å²) in [6.07, 6.45) is 4.34. The number of benzene rings is 1. The smallest absolute Gasteiger partial charge is 0.139 e. The van der Waals surface area contributed by atoms with Crippen molar-refractivity contribution in [3.05, 3.63) is 59.2 Å². The Kier molecular flexibility index (Phi) is 2.06. The summed E-state index contributed by atoms with van der Waals surface area (Å²) in [6.45, 7) is 1.80. The number of nitrogens with zero attached hydrogens (tertiary/aromatic N) is 2. The van der Waals surface area contributed by atoms with Crippen LogP contribution in [0.25, 0.3) is 0 Å². The van der Waals surface area contributed by atoms with Crippen LogP contribution in [-0.2, 0) is 18.5 Å². The highest BCUT2D eigenvalue weighted by molar-refractivity contribution is 5.40. The van der Waals surface area contributed by atoms with Gasteiger partial charge in [0.2, 0.25) is 0 Å². The van der Waals surface area contributed by atoms with E-state index in [2.05, 4.69) is 40.6 Å². The Morgan fingerprint density at radius 2 is 1.89 bits per heavy atom. The summed E-state index contributed by atoms with van der Waals surface area (Å²) < 4.78 is 0. The monoisotopic (exact) mass is 237 g/mol. The van der Waals surface area contributed by atoms with Crippen molar-refractivity contribution in [3.8, 4) is 0 Å². The molecule has 0 atom stereocenters. The van der Waals surface area contributed by atoms with Gasteiger partial charge < -0.3 is 5.32 Å². The molecule has 3 nitrogen and oxygen atoms in total. The molecule has 2 heterocycles. The second kappa shape index (κ2) is 3.62. The standard InChI is InChI=1S/C15H15N3/c1-2-4-12(5-3-1)15(6-7-15)14-17-9-11-8-16-10-13(11)18-14/h1-5,9,16H,6-8,10H2. The van der Waals surface area contributed by atoms with Gasteiger partial charge in [0.05, 0.1) is 11.1 Å². The molecule has 1 aliphatic heterocycles. The van der Waals surface area contributed by atoms with Crippen molar-refractivity contribution in [1.29, 1.82) is 0 Å². The third kappa shape index (κ3) is 1.40. The van der Waals surface area contributed by atoms with E-state index in [4.69, 9.17) is 4.98 Å². The van der Waals surface area contributed by atoms with Crippen molar-refractivity contribution in [2.75, 3.05) is 0 Å². The second-order valence-electron chi connectivity index (χ2n) is 5.22. The fourth-order valence-electron chi connectivity index (χ4n) is 2.81. The van der Waals surface area contributed by atoms with Gasteiger partial charge in [0.15, 0.2) is 0 Å². The van der Waals surface area contributed by atoms with Crippen LogP contribution in [-0.4, -0.2) is 9.97 Å². The van der Waals surface area contributed by atoms with E-state index < -0.39 is 0 Å². The molecule has 1 aromatic heterocycles. The van der Waals surface area contributed by atoms with E-state index in [0.717, 1.165) is 18.9 Å². The van der Waals surface area contributed by atoms with Crippen LogP contribution in [0, 0.1) is 0 Å². The third-order valence-electron chi connectivity index (χ3n) is 4.07. The highest BCUT2D eigenvalue weighted by Crippen LogP contribution is 2.52. The van der Waals surface area contributed by atoms with Crippen LogP contribution >= 0.6 is 0 Å².